The highest BCUT2D eigenvalue weighted by atomic mass is 19.1. The van der Waals surface area contributed by atoms with Crippen LogP contribution in [0.2, 0.25) is 0 Å². The van der Waals surface area contributed by atoms with Crippen molar-refractivity contribution in [2.75, 3.05) is 24.3 Å². The molecule has 0 unspecified atom stereocenters. The lowest BCUT2D eigenvalue weighted by Crippen LogP contribution is -2.28. The van der Waals surface area contributed by atoms with Crippen LogP contribution < -0.4 is 11.1 Å². The van der Waals surface area contributed by atoms with Crippen LogP contribution in [0.5, 0.6) is 0 Å². The summed E-state index contributed by atoms with van der Waals surface area (Å²) in [4.78, 5) is 6.99. The second kappa shape index (κ2) is 4.68. The number of aliphatic hydroxyl groups excluding tert-OH is 2. The Labute approximate surface area is 79.6 Å². The van der Waals surface area contributed by atoms with Crippen molar-refractivity contribution in [1.29, 1.82) is 0 Å². The average Bonchev–Trinajstić information content (AvgIpc) is 2.19. The summed E-state index contributed by atoms with van der Waals surface area (Å²) in [5.74, 6) is -0.903. The van der Waals surface area contributed by atoms with Gasteiger partial charge in [-0.05, 0) is 0 Å². The number of nitrogen functional groups attached to an aromatic ring is 1. The van der Waals surface area contributed by atoms with Crippen LogP contribution in [0, 0.1) is 5.82 Å². The molecule has 0 spiro atoms. The molecule has 0 fully saturated rings. The molecule has 7 heteroatoms. The number of nitrogens with one attached hydrogen (secondary N) is 1. The summed E-state index contributed by atoms with van der Waals surface area (Å²) < 4.78 is 13.0. The number of nitrogens with zero attached hydrogens (tertiary/aromatic N) is 2. The first kappa shape index (κ1) is 10.6. The van der Waals surface area contributed by atoms with Gasteiger partial charge in [-0.15, -0.1) is 0 Å². The van der Waals surface area contributed by atoms with E-state index in [4.69, 9.17) is 15.9 Å². The predicted octanol–water partition coefficient (Wildman–Crippen LogP) is -1.04. The van der Waals surface area contributed by atoms with Crippen LogP contribution in [0.25, 0.3) is 0 Å². The predicted molar refractivity (Wildman–Crippen MR) is 48.0 cm³/mol. The van der Waals surface area contributed by atoms with Crippen LogP contribution in [0.1, 0.15) is 0 Å². The molecule has 0 saturated carbocycles. The first-order valence-electron chi connectivity index (χ1n) is 3.93. The van der Waals surface area contributed by atoms with Gasteiger partial charge >= 0.3 is 0 Å². The van der Waals surface area contributed by atoms with Crippen LogP contribution >= 0.6 is 0 Å². The Morgan fingerprint density at radius 3 is 2.71 bits per heavy atom. The molecule has 1 heterocycles. The van der Waals surface area contributed by atoms with Crippen LogP contribution in [-0.4, -0.2) is 39.4 Å². The van der Waals surface area contributed by atoms with Crippen molar-refractivity contribution in [1.82, 2.24) is 9.97 Å². The second-order valence-corrected chi connectivity index (χ2v) is 2.63. The summed E-state index contributed by atoms with van der Waals surface area (Å²) in [6.07, 6.45) is 0.913. The van der Waals surface area contributed by atoms with Crippen LogP contribution in [0.15, 0.2) is 6.20 Å². The summed E-state index contributed by atoms with van der Waals surface area (Å²) >= 11 is 0. The molecule has 0 bridgehead atoms. The SMILES string of the molecule is Nc1ncc(F)c(NC(CO)CO)n1. The van der Waals surface area contributed by atoms with E-state index >= 15 is 0 Å². The number of nitrogens with two attached hydrogens (primary N) is 1. The lowest BCUT2D eigenvalue weighted by molar-refractivity contribution is 0.203. The number of halogens is 1. The number of hydrogen-bond donors (Lipinski definition) is 4. The van der Waals surface area contributed by atoms with Gasteiger partial charge in [-0.1, -0.05) is 0 Å². The molecule has 1 rings (SSSR count). The highest BCUT2D eigenvalue weighted by molar-refractivity contribution is 5.40. The molecule has 0 aromatic carbocycles. The zero-order valence-electron chi connectivity index (χ0n) is 7.31. The molecule has 6 nitrogen and oxygen atoms in total. The standard InChI is InChI=1S/C7H11FN4O2/c8-5-1-10-7(9)12-6(5)11-4(2-13)3-14/h1,4,13-14H,2-3H2,(H3,9,10,11,12). The van der Waals surface area contributed by atoms with Crippen LogP contribution in [0.4, 0.5) is 16.2 Å². The third kappa shape index (κ3) is 2.51. The fourth-order valence-corrected chi connectivity index (χ4v) is 0.824. The Hall–Kier alpha value is -1.47. The Bertz CT molecular complexity index is 306. The number of rotatable bonds is 4. The van der Waals surface area contributed by atoms with E-state index in [1.165, 1.54) is 0 Å². The topological polar surface area (TPSA) is 104 Å². The Morgan fingerprint density at radius 1 is 1.50 bits per heavy atom. The van der Waals surface area contributed by atoms with Crippen LogP contribution in [-0.2, 0) is 0 Å². The number of aliphatic hydroxyl groups is 2. The van der Waals surface area contributed by atoms with Crippen molar-refractivity contribution in [2.45, 2.75) is 6.04 Å². The summed E-state index contributed by atoms with van der Waals surface area (Å²) in [5.41, 5.74) is 5.23. The van der Waals surface area contributed by atoms with E-state index in [0.29, 0.717) is 0 Å². The third-order valence-electron chi connectivity index (χ3n) is 1.54. The molecule has 0 aliphatic heterocycles. The molecule has 0 radical (unpaired) electrons. The van der Waals surface area contributed by atoms with Gasteiger partial charge in [0.1, 0.15) is 0 Å². The largest absolute Gasteiger partial charge is 0.394 e. The lowest BCUT2D eigenvalue weighted by atomic mass is 10.3. The first-order valence-corrected chi connectivity index (χ1v) is 3.93. The molecule has 0 amide bonds. The maximum atomic E-state index is 13.0. The molecule has 78 valence electrons. The molecule has 0 saturated heterocycles. The minimum absolute atomic E-state index is 0.0801. The van der Waals surface area contributed by atoms with Gasteiger partial charge in [0.15, 0.2) is 11.6 Å². The maximum Gasteiger partial charge on any atom is 0.222 e. The normalized spacial score (nSPS) is 10.6. The summed E-state index contributed by atoms with van der Waals surface area (Å²) in [7, 11) is 0. The smallest absolute Gasteiger partial charge is 0.222 e. The monoisotopic (exact) mass is 202 g/mol. The van der Waals surface area contributed by atoms with Gasteiger partial charge in [0, 0.05) is 0 Å². The molecule has 0 aliphatic rings. The molecular formula is C7H11FN4O2. The van der Waals surface area contributed by atoms with Crippen LogP contribution in [0.3, 0.4) is 0 Å². The second-order valence-electron chi connectivity index (χ2n) is 2.63. The van der Waals surface area contributed by atoms with E-state index in [2.05, 4.69) is 15.3 Å². The van der Waals surface area contributed by atoms with Crippen molar-refractivity contribution in [3.8, 4) is 0 Å². The minimum Gasteiger partial charge on any atom is -0.394 e. The zero-order chi connectivity index (χ0) is 10.6. The minimum atomic E-state index is -0.689. The van der Waals surface area contributed by atoms with Gasteiger partial charge in [0.25, 0.3) is 0 Å². The van der Waals surface area contributed by atoms with Gasteiger partial charge in [-0.3, -0.25) is 0 Å². The third-order valence-corrected chi connectivity index (χ3v) is 1.54. The number of aromatic nitrogens is 2. The van der Waals surface area contributed by atoms with Crippen molar-refractivity contribution in [3.63, 3.8) is 0 Å². The Kier molecular flexibility index (Phi) is 3.55. The van der Waals surface area contributed by atoms with E-state index in [0.717, 1.165) is 6.20 Å². The van der Waals surface area contributed by atoms with Crippen molar-refractivity contribution in [2.24, 2.45) is 0 Å². The number of hydrogen-bond acceptors (Lipinski definition) is 6. The van der Waals surface area contributed by atoms with Crippen molar-refractivity contribution in [3.05, 3.63) is 12.0 Å². The van der Waals surface area contributed by atoms with Gasteiger partial charge < -0.3 is 21.3 Å². The molecule has 5 N–H and O–H groups in total. The molecule has 0 atom stereocenters. The van der Waals surface area contributed by atoms with E-state index < -0.39 is 11.9 Å². The Balaban J connectivity index is 2.79. The van der Waals surface area contributed by atoms with Gasteiger partial charge in [0.05, 0.1) is 25.5 Å². The highest BCUT2D eigenvalue weighted by Gasteiger charge is 2.10. The fourth-order valence-electron chi connectivity index (χ4n) is 0.824. The van der Waals surface area contributed by atoms with Gasteiger partial charge in [-0.2, -0.15) is 4.98 Å². The lowest BCUT2D eigenvalue weighted by Gasteiger charge is -2.14. The Morgan fingerprint density at radius 2 is 2.14 bits per heavy atom. The molecule has 1 aromatic rings. The van der Waals surface area contributed by atoms with Crippen molar-refractivity contribution < 1.29 is 14.6 Å². The summed E-state index contributed by atoms with van der Waals surface area (Å²) in [6.45, 7) is -0.667. The quantitative estimate of drug-likeness (QED) is 0.497. The van der Waals surface area contributed by atoms with Crippen molar-refractivity contribution >= 4 is 11.8 Å². The molecular weight excluding hydrogens is 191 g/mol. The molecule has 0 aliphatic carbocycles. The summed E-state index contributed by atoms with van der Waals surface area (Å²) in [6, 6.07) is -0.668. The molecule has 14 heavy (non-hydrogen) atoms. The maximum absolute atomic E-state index is 13.0. The van der Waals surface area contributed by atoms with E-state index in [-0.39, 0.29) is 25.0 Å². The molecule has 1 aromatic heterocycles. The average molecular weight is 202 g/mol. The van der Waals surface area contributed by atoms with E-state index in [1.807, 2.05) is 0 Å². The first-order chi connectivity index (χ1) is 6.67. The highest BCUT2D eigenvalue weighted by Crippen LogP contribution is 2.10. The fraction of sp³-hybridized carbons (Fsp3) is 0.429. The zero-order valence-corrected chi connectivity index (χ0v) is 7.31. The number of anilines is 2. The van der Waals surface area contributed by atoms with E-state index in [9.17, 15) is 4.39 Å². The summed E-state index contributed by atoms with van der Waals surface area (Å²) in [5, 5.41) is 19.9. The van der Waals surface area contributed by atoms with Gasteiger partial charge in [-0.25, -0.2) is 9.37 Å². The van der Waals surface area contributed by atoms with E-state index in [1.54, 1.807) is 0 Å². The van der Waals surface area contributed by atoms with Gasteiger partial charge in [0.2, 0.25) is 5.95 Å².